The lowest BCUT2D eigenvalue weighted by atomic mass is 10.1. The van der Waals surface area contributed by atoms with Crippen molar-refractivity contribution in [3.8, 4) is 11.3 Å². The van der Waals surface area contributed by atoms with Gasteiger partial charge in [0.1, 0.15) is 5.69 Å². The van der Waals surface area contributed by atoms with Crippen LogP contribution in [0.5, 0.6) is 0 Å². The van der Waals surface area contributed by atoms with E-state index in [0.29, 0.717) is 11.5 Å². The zero-order chi connectivity index (χ0) is 14.5. The predicted octanol–water partition coefficient (Wildman–Crippen LogP) is 2.49. The van der Waals surface area contributed by atoms with E-state index >= 15 is 0 Å². The standard InChI is InChI=1S/C15H11N3O3/c19-15(14-9-16-6-7-17-14)20-10-12-8-13(18-21-12)11-4-2-1-3-5-11/h1-9H,10H2. The molecule has 0 saturated carbocycles. The Kier molecular flexibility index (Phi) is 3.68. The lowest BCUT2D eigenvalue weighted by molar-refractivity contribution is 0.0430. The summed E-state index contributed by atoms with van der Waals surface area (Å²) in [6, 6.07) is 11.3. The Hall–Kier alpha value is -3.02. The lowest BCUT2D eigenvalue weighted by Gasteiger charge is -2.00. The normalized spacial score (nSPS) is 10.3. The molecule has 1 aromatic carbocycles. The molecule has 0 aliphatic rings. The summed E-state index contributed by atoms with van der Waals surface area (Å²) >= 11 is 0. The fourth-order valence-electron chi connectivity index (χ4n) is 1.74. The van der Waals surface area contributed by atoms with E-state index in [2.05, 4.69) is 15.1 Å². The monoisotopic (exact) mass is 281 g/mol. The highest BCUT2D eigenvalue weighted by molar-refractivity contribution is 5.86. The Morgan fingerprint density at radius 1 is 1.19 bits per heavy atom. The molecular formula is C15H11N3O3. The maximum Gasteiger partial charge on any atom is 0.358 e. The Morgan fingerprint density at radius 2 is 2.05 bits per heavy atom. The number of aromatic nitrogens is 3. The highest BCUT2D eigenvalue weighted by Gasteiger charge is 2.11. The Bertz CT molecular complexity index is 726. The molecule has 0 aliphatic carbocycles. The fraction of sp³-hybridized carbons (Fsp3) is 0.0667. The van der Waals surface area contributed by atoms with Gasteiger partial charge < -0.3 is 9.26 Å². The molecule has 21 heavy (non-hydrogen) atoms. The summed E-state index contributed by atoms with van der Waals surface area (Å²) in [5.41, 5.74) is 1.79. The van der Waals surface area contributed by atoms with Crippen LogP contribution < -0.4 is 0 Å². The highest BCUT2D eigenvalue weighted by atomic mass is 16.5. The van der Waals surface area contributed by atoms with Crippen LogP contribution in [0.15, 0.2) is 59.5 Å². The fourth-order valence-corrected chi connectivity index (χ4v) is 1.74. The van der Waals surface area contributed by atoms with Gasteiger partial charge in [-0.3, -0.25) is 4.98 Å². The van der Waals surface area contributed by atoms with Gasteiger partial charge in [0.2, 0.25) is 0 Å². The van der Waals surface area contributed by atoms with Gasteiger partial charge in [0.25, 0.3) is 0 Å². The third-order valence-electron chi connectivity index (χ3n) is 2.75. The van der Waals surface area contributed by atoms with Gasteiger partial charge in [-0.05, 0) is 0 Å². The summed E-state index contributed by atoms with van der Waals surface area (Å²) in [5, 5.41) is 3.94. The molecule has 0 atom stereocenters. The summed E-state index contributed by atoms with van der Waals surface area (Å²) in [5.74, 6) is -0.0909. The third-order valence-corrected chi connectivity index (χ3v) is 2.75. The number of nitrogens with zero attached hydrogens (tertiary/aromatic N) is 3. The predicted molar refractivity (Wildman–Crippen MR) is 73.1 cm³/mol. The molecule has 3 rings (SSSR count). The number of esters is 1. The van der Waals surface area contributed by atoms with Gasteiger partial charge in [0.05, 0.1) is 6.20 Å². The second-order valence-electron chi connectivity index (χ2n) is 4.21. The van der Waals surface area contributed by atoms with Crippen LogP contribution in [0.1, 0.15) is 16.2 Å². The molecule has 0 amide bonds. The van der Waals surface area contributed by atoms with Gasteiger partial charge in [-0.1, -0.05) is 35.5 Å². The zero-order valence-corrected chi connectivity index (χ0v) is 11.0. The SMILES string of the molecule is O=C(OCc1cc(-c2ccccc2)no1)c1cnccn1. The van der Waals surface area contributed by atoms with Crippen LogP contribution in [0.3, 0.4) is 0 Å². The van der Waals surface area contributed by atoms with Gasteiger partial charge in [0.15, 0.2) is 18.1 Å². The minimum atomic E-state index is -0.555. The van der Waals surface area contributed by atoms with Crippen LogP contribution in [0, 0.1) is 0 Å². The number of carbonyl (C=O) groups excluding carboxylic acids is 1. The minimum absolute atomic E-state index is 0.00472. The molecule has 0 fully saturated rings. The molecule has 0 spiro atoms. The maximum atomic E-state index is 11.7. The van der Waals surface area contributed by atoms with Gasteiger partial charge in [0, 0.05) is 24.0 Å². The molecule has 2 aromatic heterocycles. The van der Waals surface area contributed by atoms with Crippen LogP contribution in [0.25, 0.3) is 11.3 Å². The van der Waals surface area contributed by atoms with E-state index < -0.39 is 5.97 Å². The Balaban J connectivity index is 1.64. The first-order valence-corrected chi connectivity index (χ1v) is 6.27. The van der Waals surface area contributed by atoms with Crippen LogP contribution in [0.4, 0.5) is 0 Å². The van der Waals surface area contributed by atoms with E-state index in [9.17, 15) is 4.79 Å². The Morgan fingerprint density at radius 3 is 2.81 bits per heavy atom. The molecule has 0 saturated heterocycles. The van der Waals surface area contributed by atoms with Crippen molar-refractivity contribution in [2.45, 2.75) is 6.61 Å². The quantitative estimate of drug-likeness (QED) is 0.684. The van der Waals surface area contributed by atoms with Crippen molar-refractivity contribution in [3.63, 3.8) is 0 Å². The second kappa shape index (κ2) is 5.96. The summed E-state index contributed by atoms with van der Waals surface area (Å²) in [4.78, 5) is 19.4. The van der Waals surface area contributed by atoms with E-state index in [1.54, 1.807) is 6.07 Å². The van der Waals surface area contributed by atoms with Gasteiger partial charge >= 0.3 is 5.97 Å². The number of benzene rings is 1. The van der Waals surface area contributed by atoms with Crippen LogP contribution in [-0.4, -0.2) is 21.1 Å². The molecule has 2 heterocycles. The Labute approximate surface area is 120 Å². The van der Waals surface area contributed by atoms with Gasteiger partial charge in [-0.2, -0.15) is 0 Å². The van der Waals surface area contributed by atoms with Crippen molar-refractivity contribution in [1.82, 2.24) is 15.1 Å². The lowest BCUT2D eigenvalue weighted by Crippen LogP contribution is -2.07. The number of rotatable bonds is 4. The van der Waals surface area contributed by atoms with E-state index in [0.717, 1.165) is 5.56 Å². The van der Waals surface area contributed by atoms with Crippen LogP contribution in [0.2, 0.25) is 0 Å². The molecule has 3 aromatic rings. The van der Waals surface area contributed by atoms with Crippen molar-refractivity contribution < 1.29 is 14.1 Å². The molecule has 6 heteroatoms. The summed E-state index contributed by atoms with van der Waals surface area (Å²) in [6.45, 7) is -0.00472. The molecule has 0 radical (unpaired) electrons. The topological polar surface area (TPSA) is 78.1 Å². The summed E-state index contributed by atoms with van der Waals surface area (Å²) in [7, 11) is 0. The van der Waals surface area contributed by atoms with Crippen molar-refractivity contribution in [3.05, 3.63) is 66.4 Å². The first-order valence-electron chi connectivity index (χ1n) is 6.27. The molecule has 0 bridgehead atoms. The number of ether oxygens (including phenoxy) is 1. The second-order valence-corrected chi connectivity index (χ2v) is 4.21. The van der Waals surface area contributed by atoms with Crippen molar-refractivity contribution in [1.29, 1.82) is 0 Å². The van der Waals surface area contributed by atoms with E-state index in [1.807, 2.05) is 30.3 Å². The zero-order valence-electron chi connectivity index (χ0n) is 11.0. The van der Waals surface area contributed by atoms with Crippen LogP contribution >= 0.6 is 0 Å². The summed E-state index contributed by atoms with van der Waals surface area (Å²) < 4.78 is 10.2. The van der Waals surface area contributed by atoms with Crippen molar-refractivity contribution in [2.75, 3.05) is 0 Å². The largest absolute Gasteiger partial charge is 0.453 e. The highest BCUT2D eigenvalue weighted by Crippen LogP contribution is 2.19. The first-order chi connectivity index (χ1) is 10.3. The number of hydrogen-bond donors (Lipinski definition) is 0. The molecule has 104 valence electrons. The molecule has 0 unspecified atom stereocenters. The number of carbonyl (C=O) groups is 1. The average Bonchev–Trinajstić information content (AvgIpc) is 3.03. The molecule has 6 nitrogen and oxygen atoms in total. The van der Waals surface area contributed by atoms with E-state index in [-0.39, 0.29) is 12.3 Å². The van der Waals surface area contributed by atoms with E-state index in [1.165, 1.54) is 18.6 Å². The van der Waals surface area contributed by atoms with Gasteiger partial charge in [-0.25, -0.2) is 9.78 Å². The maximum absolute atomic E-state index is 11.7. The average molecular weight is 281 g/mol. The van der Waals surface area contributed by atoms with Crippen molar-refractivity contribution in [2.24, 2.45) is 0 Å². The number of hydrogen-bond acceptors (Lipinski definition) is 6. The smallest absolute Gasteiger partial charge is 0.358 e. The molecule has 0 aliphatic heterocycles. The van der Waals surface area contributed by atoms with Gasteiger partial charge in [-0.15, -0.1) is 0 Å². The molecular weight excluding hydrogens is 270 g/mol. The van der Waals surface area contributed by atoms with E-state index in [4.69, 9.17) is 9.26 Å². The minimum Gasteiger partial charge on any atom is -0.453 e. The summed E-state index contributed by atoms with van der Waals surface area (Å²) in [6.07, 6.45) is 4.26. The third kappa shape index (κ3) is 3.11. The van der Waals surface area contributed by atoms with Crippen molar-refractivity contribution >= 4 is 5.97 Å². The first kappa shape index (κ1) is 13.0. The molecule has 0 N–H and O–H groups in total. The van der Waals surface area contributed by atoms with Crippen LogP contribution in [-0.2, 0) is 11.3 Å².